The van der Waals surface area contributed by atoms with E-state index in [4.69, 9.17) is 0 Å². The molecule has 5 nitrogen and oxygen atoms in total. The summed E-state index contributed by atoms with van der Waals surface area (Å²) in [7, 11) is 0. The van der Waals surface area contributed by atoms with Gasteiger partial charge in [0.2, 0.25) is 0 Å². The van der Waals surface area contributed by atoms with E-state index in [0.717, 1.165) is 26.1 Å². The van der Waals surface area contributed by atoms with Gasteiger partial charge in [-0.05, 0) is 19.9 Å². The average molecular weight is 220 g/mol. The molecule has 1 aromatic rings. The predicted octanol–water partition coefficient (Wildman–Crippen LogP) is 0.301. The van der Waals surface area contributed by atoms with Crippen molar-refractivity contribution in [2.24, 2.45) is 0 Å². The van der Waals surface area contributed by atoms with Crippen LogP contribution >= 0.6 is 0 Å². The summed E-state index contributed by atoms with van der Waals surface area (Å²) in [4.78, 5) is 22.0. The molecule has 1 amide bonds. The number of carbonyl (C=O) groups excluding carboxylic acids is 1. The third-order valence-corrected chi connectivity index (χ3v) is 2.84. The molecule has 1 aliphatic rings. The van der Waals surface area contributed by atoms with E-state index in [1.807, 2.05) is 4.90 Å². The van der Waals surface area contributed by atoms with Crippen LogP contribution in [0.25, 0.3) is 0 Å². The summed E-state index contributed by atoms with van der Waals surface area (Å²) < 4.78 is 0. The number of amides is 1. The van der Waals surface area contributed by atoms with Gasteiger partial charge in [0.05, 0.1) is 6.20 Å². The van der Waals surface area contributed by atoms with E-state index in [-0.39, 0.29) is 11.9 Å². The van der Waals surface area contributed by atoms with E-state index < -0.39 is 0 Å². The standard InChI is InChI=1S/C11H16N4O/c1-9-2-3-12-6-7-15(9)11(16)10-8-13-4-5-14-10/h4-5,8-9,12H,2-3,6-7H2,1H3. The number of carbonyl (C=O) groups is 1. The summed E-state index contributed by atoms with van der Waals surface area (Å²) in [6.07, 6.45) is 5.62. The lowest BCUT2D eigenvalue weighted by Crippen LogP contribution is -2.40. The second-order valence-corrected chi connectivity index (χ2v) is 3.98. The van der Waals surface area contributed by atoms with Gasteiger partial charge in [-0.15, -0.1) is 0 Å². The first-order chi connectivity index (χ1) is 7.79. The van der Waals surface area contributed by atoms with Crippen molar-refractivity contribution in [1.29, 1.82) is 0 Å². The Morgan fingerprint density at radius 1 is 1.50 bits per heavy atom. The van der Waals surface area contributed by atoms with Crippen molar-refractivity contribution in [3.8, 4) is 0 Å². The number of hydrogen-bond acceptors (Lipinski definition) is 4. The van der Waals surface area contributed by atoms with Gasteiger partial charge in [-0.2, -0.15) is 0 Å². The summed E-state index contributed by atoms with van der Waals surface area (Å²) in [5.74, 6) is -0.0238. The van der Waals surface area contributed by atoms with Crippen LogP contribution in [0.1, 0.15) is 23.8 Å². The van der Waals surface area contributed by atoms with E-state index in [0.29, 0.717) is 5.69 Å². The van der Waals surface area contributed by atoms with Gasteiger partial charge in [0.1, 0.15) is 5.69 Å². The topological polar surface area (TPSA) is 58.1 Å². The zero-order valence-electron chi connectivity index (χ0n) is 9.39. The number of rotatable bonds is 1. The Balaban J connectivity index is 2.14. The first-order valence-electron chi connectivity index (χ1n) is 5.57. The van der Waals surface area contributed by atoms with Gasteiger partial charge in [0, 0.05) is 31.5 Å². The lowest BCUT2D eigenvalue weighted by molar-refractivity contribution is 0.0698. The van der Waals surface area contributed by atoms with Crippen LogP contribution in [0, 0.1) is 0 Å². The quantitative estimate of drug-likeness (QED) is 0.739. The average Bonchev–Trinajstić information content (AvgIpc) is 2.54. The third kappa shape index (κ3) is 2.36. The van der Waals surface area contributed by atoms with E-state index in [1.54, 1.807) is 12.4 Å². The summed E-state index contributed by atoms with van der Waals surface area (Å²) in [6, 6.07) is 0.254. The minimum atomic E-state index is -0.0238. The molecule has 1 N–H and O–H groups in total. The summed E-state index contributed by atoms with van der Waals surface area (Å²) in [5.41, 5.74) is 0.427. The lowest BCUT2D eigenvalue weighted by atomic mass is 10.2. The Morgan fingerprint density at radius 3 is 3.12 bits per heavy atom. The molecule has 86 valence electrons. The van der Waals surface area contributed by atoms with Gasteiger partial charge in [-0.3, -0.25) is 9.78 Å². The fraction of sp³-hybridized carbons (Fsp3) is 0.545. The van der Waals surface area contributed by atoms with Gasteiger partial charge >= 0.3 is 0 Å². The SMILES string of the molecule is CC1CCNCCN1C(=O)c1cnccn1. The molecule has 1 saturated heterocycles. The highest BCUT2D eigenvalue weighted by Gasteiger charge is 2.23. The van der Waals surface area contributed by atoms with Crippen molar-refractivity contribution in [2.75, 3.05) is 19.6 Å². The molecule has 1 aliphatic heterocycles. The Morgan fingerprint density at radius 2 is 2.38 bits per heavy atom. The van der Waals surface area contributed by atoms with E-state index >= 15 is 0 Å². The monoisotopic (exact) mass is 220 g/mol. The zero-order valence-corrected chi connectivity index (χ0v) is 9.39. The molecule has 1 unspecified atom stereocenters. The van der Waals surface area contributed by atoms with Crippen molar-refractivity contribution >= 4 is 5.91 Å². The van der Waals surface area contributed by atoms with Crippen LogP contribution in [0.4, 0.5) is 0 Å². The molecule has 0 aromatic carbocycles. The molecular formula is C11H16N4O. The van der Waals surface area contributed by atoms with Crippen molar-refractivity contribution in [3.05, 3.63) is 24.3 Å². The molecular weight excluding hydrogens is 204 g/mol. The van der Waals surface area contributed by atoms with Gasteiger partial charge in [-0.1, -0.05) is 0 Å². The van der Waals surface area contributed by atoms with Crippen molar-refractivity contribution in [2.45, 2.75) is 19.4 Å². The molecule has 16 heavy (non-hydrogen) atoms. The first-order valence-corrected chi connectivity index (χ1v) is 5.57. The minimum Gasteiger partial charge on any atom is -0.333 e. The van der Waals surface area contributed by atoms with Crippen LogP contribution in [-0.2, 0) is 0 Å². The lowest BCUT2D eigenvalue weighted by Gasteiger charge is -2.26. The zero-order chi connectivity index (χ0) is 11.4. The fourth-order valence-corrected chi connectivity index (χ4v) is 1.87. The van der Waals surface area contributed by atoms with Crippen LogP contribution in [0.15, 0.2) is 18.6 Å². The van der Waals surface area contributed by atoms with Gasteiger partial charge in [0.15, 0.2) is 0 Å². The molecule has 2 heterocycles. The highest BCUT2D eigenvalue weighted by atomic mass is 16.2. The molecule has 0 spiro atoms. The highest BCUT2D eigenvalue weighted by Crippen LogP contribution is 2.09. The van der Waals surface area contributed by atoms with Crippen LogP contribution in [0.3, 0.4) is 0 Å². The minimum absolute atomic E-state index is 0.0238. The molecule has 1 atom stereocenters. The van der Waals surface area contributed by atoms with Crippen LogP contribution in [-0.4, -0.2) is 46.5 Å². The summed E-state index contributed by atoms with van der Waals surface area (Å²) >= 11 is 0. The fourth-order valence-electron chi connectivity index (χ4n) is 1.87. The van der Waals surface area contributed by atoms with Crippen LogP contribution < -0.4 is 5.32 Å². The summed E-state index contributed by atoms with van der Waals surface area (Å²) in [6.45, 7) is 4.61. The van der Waals surface area contributed by atoms with E-state index in [2.05, 4.69) is 22.2 Å². The molecule has 0 radical (unpaired) electrons. The molecule has 1 aromatic heterocycles. The van der Waals surface area contributed by atoms with Crippen molar-refractivity contribution in [3.63, 3.8) is 0 Å². The third-order valence-electron chi connectivity index (χ3n) is 2.84. The molecule has 0 aliphatic carbocycles. The second kappa shape index (κ2) is 5.03. The van der Waals surface area contributed by atoms with E-state index in [9.17, 15) is 4.79 Å². The van der Waals surface area contributed by atoms with Gasteiger partial charge in [-0.25, -0.2) is 4.98 Å². The summed E-state index contributed by atoms with van der Waals surface area (Å²) in [5, 5.41) is 3.28. The molecule has 2 rings (SSSR count). The maximum atomic E-state index is 12.2. The highest BCUT2D eigenvalue weighted by molar-refractivity contribution is 5.92. The number of aromatic nitrogens is 2. The van der Waals surface area contributed by atoms with Crippen molar-refractivity contribution in [1.82, 2.24) is 20.2 Å². The maximum absolute atomic E-state index is 12.2. The Bertz CT molecular complexity index is 354. The number of nitrogens with one attached hydrogen (secondary N) is 1. The molecule has 1 fully saturated rings. The van der Waals surface area contributed by atoms with Crippen molar-refractivity contribution < 1.29 is 4.79 Å². The van der Waals surface area contributed by atoms with Crippen LogP contribution in [0.2, 0.25) is 0 Å². The smallest absolute Gasteiger partial charge is 0.274 e. The largest absolute Gasteiger partial charge is 0.333 e. The molecule has 0 saturated carbocycles. The van der Waals surface area contributed by atoms with Gasteiger partial charge in [0.25, 0.3) is 5.91 Å². The molecule has 0 bridgehead atoms. The Labute approximate surface area is 94.9 Å². The van der Waals surface area contributed by atoms with Gasteiger partial charge < -0.3 is 10.2 Å². The second-order valence-electron chi connectivity index (χ2n) is 3.98. The van der Waals surface area contributed by atoms with E-state index in [1.165, 1.54) is 6.20 Å². The molecule has 5 heteroatoms. The van der Waals surface area contributed by atoms with Crippen LogP contribution in [0.5, 0.6) is 0 Å². The Kier molecular flexibility index (Phi) is 3.46. The number of hydrogen-bond donors (Lipinski definition) is 1. The number of nitrogens with zero attached hydrogens (tertiary/aromatic N) is 3. The maximum Gasteiger partial charge on any atom is 0.274 e. The Hall–Kier alpha value is -1.49. The normalized spacial score (nSPS) is 21.6. The first kappa shape index (κ1) is 11.0. The predicted molar refractivity (Wildman–Crippen MR) is 60.0 cm³/mol.